The summed E-state index contributed by atoms with van der Waals surface area (Å²) >= 11 is 0. The summed E-state index contributed by atoms with van der Waals surface area (Å²) in [5.74, 6) is -0.0311. The van der Waals surface area contributed by atoms with Gasteiger partial charge in [0.05, 0.1) is 11.9 Å². The molecule has 1 aromatic rings. The normalized spacial score (nSPS) is 16.0. The highest BCUT2D eigenvalue weighted by atomic mass is 16.2. The van der Waals surface area contributed by atoms with Crippen molar-refractivity contribution in [2.45, 2.75) is 32.6 Å². The summed E-state index contributed by atoms with van der Waals surface area (Å²) in [5, 5.41) is 9.34. The van der Waals surface area contributed by atoms with E-state index < -0.39 is 0 Å². The molecule has 0 bridgehead atoms. The fourth-order valence-electron chi connectivity index (χ4n) is 2.50. The van der Waals surface area contributed by atoms with Crippen LogP contribution in [0.1, 0.15) is 43.1 Å². The summed E-state index contributed by atoms with van der Waals surface area (Å²) in [6, 6.07) is 0. The van der Waals surface area contributed by atoms with E-state index in [1.807, 2.05) is 0 Å². The molecule has 2 amide bonds. The second kappa shape index (κ2) is 7.10. The van der Waals surface area contributed by atoms with Gasteiger partial charge in [-0.2, -0.15) is 5.10 Å². The fourth-order valence-corrected chi connectivity index (χ4v) is 2.50. The first-order chi connectivity index (χ1) is 10.1. The maximum atomic E-state index is 12.2. The van der Waals surface area contributed by atoms with Gasteiger partial charge in [-0.1, -0.05) is 13.3 Å². The molecule has 0 radical (unpaired) electrons. The van der Waals surface area contributed by atoms with Crippen molar-refractivity contribution in [2.24, 2.45) is 5.92 Å². The van der Waals surface area contributed by atoms with Crippen LogP contribution in [0.2, 0.25) is 0 Å². The van der Waals surface area contributed by atoms with Crippen molar-refractivity contribution in [3.8, 4) is 0 Å². The maximum Gasteiger partial charge on any atom is 0.274 e. The van der Waals surface area contributed by atoms with Crippen LogP contribution in [-0.2, 0) is 4.79 Å². The number of hydrogen-bond acceptors (Lipinski definition) is 4. The maximum absolute atomic E-state index is 12.2. The molecule has 116 valence electrons. The standard InChI is InChI=1S/C14H23N5O2/c1-2-3-6-16-13(20)10-4-7-19(8-5-10)14(21)12-11(15)9-17-18-12/h9-10H,2-8,15H2,1H3,(H,16,20)(H,17,18). The number of likely N-dealkylation sites (tertiary alicyclic amines) is 1. The van der Waals surface area contributed by atoms with Crippen LogP contribution in [0.15, 0.2) is 6.20 Å². The van der Waals surface area contributed by atoms with Crippen LogP contribution in [-0.4, -0.2) is 46.5 Å². The molecule has 0 spiro atoms. The van der Waals surface area contributed by atoms with Crippen molar-refractivity contribution in [1.82, 2.24) is 20.4 Å². The van der Waals surface area contributed by atoms with Gasteiger partial charge < -0.3 is 16.0 Å². The lowest BCUT2D eigenvalue weighted by Crippen LogP contribution is -2.43. The summed E-state index contributed by atoms with van der Waals surface area (Å²) in [4.78, 5) is 25.9. The minimum Gasteiger partial charge on any atom is -0.396 e. The third-order valence-corrected chi connectivity index (χ3v) is 3.87. The van der Waals surface area contributed by atoms with E-state index in [1.165, 1.54) is 6.20 Å². The molecule has 0 unspecified atom stereocenters. The van der Waals surface area contributed by atoms with E-state index in [2.05, 4.69) is 22.4 Å². The third kappa shape index (κ3) is 3.74. The predicted molar refractivity (Wildman–Crippen MR) is 79.5 cm³/mol. The van der Waals surface area contributed by atoms with Gasteiger partial charge in [-0.05, 0) is 19.3 Å². The minimum atomic E-state index is -0.144. The number of nitrogens with one attached hydrogen (secondary N) is 2. The summed E-state index contributed by atoms with van der Waals surface area (Å²) in [6.07, 6.45) is 4.89. The van der Waals surface area contributed by atoms with Gasteiger partial charge in [0, 0.05) is 25.6 Å². The van der Waals surface area contributed by atoms with Crippen LogP contribution in [0.25, 0.3) is 0 Å². The predicted octanol–water partition coefficient (Wildman–Crippen LogP) is 0.760. The summed E-state index contributed by atoms with van der Waals surface area (Å²) in [5.41, 5.74) is 6.38. The number of rotatable bonds is 5. The van der Waals surface area contributed by atoms with Crippen molar-refractivity contribution in [1.29, 1.82) is 0 Å². The number of aromatic amines is 1. The Morgan fingerprint density at radius 1 is 1.48 bits per heavy atom. The van der Waals surface area contributed by atoms with Crippen LogP contribution in [0.4, 0.5) is 5.69 Å². The number of carbonyl (C=O) groups is 2. The average molecular weight is 293 g/mol. The van der Waals surface area contributed by atoms with E-state index in [9.17, 15) is 9.59 Å². The molecular weight excluding hydrogens is 270 g/mol. The Labute approximate surface area is 124 Å². The second-order valence-corrected chi connectivity index (χ2v) is 5.41. The number of piperidine rings is 1. The molecule has 0 atom stereocenters. The Morgan fingerprint density at radius 3 is 2.76 bits per heavy atom. The number of nitrogen functional groups attached to an aromatic ring is 1. The SMILES string of the molecule is CCCCNC(=O)C1CCN(C(=O)c2[nH]ncc2N)CC1. The van der Waals surface area contributed by atoms with Gasteiger partial charge in [-0.3, -0.25) is 14.7 Å². The van der Waals surface area contributed by atoms with E-state index in [1.54, 1.807) is 4.90 Å². The number of aromatic nitrogens is 2. The number of amides is 2. The van der Waals surface area contributed by atoms with Crippen LogP contribution in [0, 0.1) is 5.92 Å². The zero-order valence-corrected chi connectivity index (χ0v) is 12.4. The van der Waals surface area contributed by atoms with Crippen molar-refractivity contribution < 1.29 is 9.59 Å². The van der Waals surface area contributed by atoms with Crippen LogP contribution >= 0.6 is 0 Å². The highest BCUT2D eigenvalue weighted by Crippen LogP contribution is 2.20. The van der Waals surface area contributed by atoms with Gasteiger partial charge in [0.15, 0.2) is 0 Å². The van der Waals surface area contributed by atoms with Crippen molar-refractivity contribution in [3.63, 3.8) is 0 Å². The molecule has 1 fully saturated rings. The number of nitrogens with zero attached hydrogens (tertiary/aromatic N) is 2. The molecule has 21 heavy (non-hydrogen) atoms. The molecule has 7 heteroatoms. The summed E-state index contributed by atoms with van der Waals surface area (Å²) < 4.78 is 0. The summed E-state index contributed by atoms with van der Waals surface area (Å²) in [6.45, 7) is 3.98. The van der Waals surface area contributed by atoms with Crippen LogP contribution in [0.3, 0.4) is 0 Å². The Morgan fingerprint density at radius 2 is 2.19 bits per heavy atom. The summed E-state index contributed by atoms with van der Waals surface area (Å²) in [7, 11) is 0. The van der Waals surface area contributed by atoms with Gasteiger partial charge >= 0.3 is 0 Å². The van der Waals surface area contributed by atoms with E-state index in [-0.39, 0.29) is 17.7 Å². The molecule has 0 saturated carbocycles. The molecule has 1 aliphatic rings. The number of anilines is 1. The first kappa shape index (κ1) is 15.3. The van der Waals surface area contributed by atoms with Gasteiger partial charge in [0.1, 0.15) is 5.69 Å². The Hall–Kier alpha value is -2.05. The molecular formula is C14H23N5O2. The average Bonchev–Trinajstić information content (AvgIpc) is 2.93. The van der Waals surface area contributed by atoms with Crippen molar-refractivity contribution in [3.05, 3.63) is 11.9 Å². The number of unbranched alkanes of at least 4 members (excludes halogenated alkanes) is 1. The topological polar surface area (TPSA) is 104 Å². The van der Waals surface area contributed by atoms with Crippen molar-refractivity contribution in [2.75, 3.05) is 25.4 Å². The lowest BCUT2D eigenvalue weighted by atomic mass is 9.95. The largest absolute Gasteiger partial charge is 0.396 e. The molecule has 4 N–H and O–H groups in total. The van der Waals surface area contributed by atoms with Gasteiger partial charge in [-0.15, -0.1) is 0 Å². The number of hydrogen-bond donors (Lipinski definition) is 3. The van der Waals surface area contributed by atoms with Gasteiger partial charge in [-0.25, -0.2) is 0 Å². The molecule has 2 rings (SSSR count). The Balaban J connectivity index is 1.82. The smallest absolute Gasteiger partial charge is 0.274 e. The first-order valence-electron chi connectivity index (χ1n) is 7.49. The quantitative estimate of drug-likeness (QED) is 0.697. The van der Waals surface area contributed by atoms with Crippen LogP contribution in [0.5, 0.6) is 0 Å². The van der Waals surface area contributed by atoms with Crippen LogP contribution < -0.4 is 11.1 Å². The Bertz CT molecular complexity index is 491. The monoisotopic (exact) mass is 293 g/mol. The molecule has 7 nitrogen and oxygen atoms in total. The highest BCUT2D eigenvalue weighted by Gasteiger charge is 2.28. The third-order valence-electron chi connectivity index (χ3n) is 3.87. The molecule has 1 saturated heterocycles. The molecule has 1 aromatic heterocycles. The van der Waals surface area contributed by atoms with E-state index in [0.717, 1.165) is 19.4 Å². The van der Waals surface area contributed by atoms with Gasteiger partial charge in [0.25, 0.3) is 5.91 Å². The van der Waals surface area contributed by atoms with E-state index >= 15 is 0 Å². The number of carbonyl (C=O) groups excluding carboxylic acids is 2. The number of H-pyrrole nitrogens is 1. The molecule has 0 aromatic carbocycles. The second-order valence-electron chi connectivity index (χ2n) is 5.41. The zero-order chi connectivity index (χ0) is 15.2. The lowest BCUT2D eigenvalue weighted by molar-refractivity contribution is -0.126. The molecule has 1 aliphatic heterocycles. The molecule has 2 heterocycles. The van der Waals surface area contributed by atoms with Gasteiger partial charge in [0.2, 0.25) is 5.91 Å². The first-order valence-corrected chi connectivity index (χ1v) is 7.49. The zero-order valence-electron chi connectivity index (χ0n) is 12.4. The lowest BCUT2D eigenvalue weighted by Gasteiger charge is -2.31. The van der Waals surface area contributed by atoms with E-state index in [4.69, 9.17) is 5.73 Å². The fraction of sp³-hybridized carbons (Fsp3) is 0.643. The Kier molecular flexibility index (Phi) is 5.19. The minimum absolute atomic E-state index is 0.00465. The van der Waals surface area contributed by atoms with E-state index in [0.29, 0.717) is 37.3 Å². The van der Waals surface area contributed by atoms with Crippen molar-refractivity contribution >= 4 is 17.5 Å². The molecule has 0 aliphatic carbocycles. The number of nitrogens with two attached hydrogens (primary N) is 1. The highest BCUT2D eigenvalue weighted by molar-refractivity contribution is 5.97.